The first-order valence-electron chi connectivity index (χ1n) is 8.11. The minimum Gasteiger partial charge on any atom is -0.468 e. The molecule has 1 aliphatic heterocycles. The molecule has 0 saturated carbocycles. The molecule has 2 aromatic rings. The lowest BCUT2D eigenvalue weighted by Crippen LogP contribution is -2.38. The molecule has 5 nitrogen and oxygen atoms in total. The van der Waals surface area contributed by atoms with E-state index in [0.717, 1.165) is 25.2 Å². The van der Waals surface area contributed by atoms with Gasteiger partial charge in [-0.05, 0) is 37.1 Å². The fraction of sp³-hybridized carbons (Fsp3) is 0.389. The van der Waals surface area contributed by atoms with Crippen molar-refractivity contribution in [2.45, 2.75) is 25.5 Å². The summed E-state index contributed by atoms with van der Waals surface area (Å²) in [5, 5.41) is 2.62. The topological polar surface area (TPSA) is 54.7 Å². The molecule has 0 radical (unpaired) electrons. The number of anilines is 1. The van der Waals surface area contributed by atoms with Crippen LogP contribution in [-0.4, -0.2) is 36.6 Å². The summed E-state index contributed by atoms with van der Waals surface area (Å²) in [6.07, 6.45) is 3.77. The molecule has 1 N–H and O–H groups in total. The standard InChI is InChI=1S/C18H21FN2O3/c19-16-7-1-2-8-17(16)20-18(22)13-21(11-14-5-3-9-23-14)12-15-6-4-10-24-15/h1-3,5,7-9,15H,4,6,10-13H2,(H,20,22). The van der Waals surface area contributed by atoms with Crippen LogP contribution in [0.1, 0.15) is 18.6 Å². The zero-order valence-electron chi connectivity index (χ0n) is 13.4. The molecular weight excluding hydrogens is 311 g/mol. The third-order valence-corrected chi connectivity index (χ3v) is 3.96. The molecule has 1 unspecified atom stereocenters. The van der Waals surface area contributed by atoms with Gasteiger partial charge in [0.05, 0.1) is 31.1 Å². The Bertz CT molecular complexity index is 654. The van der Waals surface area contributed by atoms with Crippen LogP contribution in [0.4, 0.5) is 10.1 Å². The van der Waals surface area contributed by atoms with Gasteiger partial charge >= 0.3 is 0 Å². The van der Waals surface area contributed by atoms with Crippen LogP contribution in [0, 0.1) is 5.82 Å². The Labute approximate surface area is 140 Å². The zero-order valence-corrected chi connectivity index (χ0v) is 13.4. The van der Waals surface area contributed by atoms with Crippen molar-refractivity contribution >= 4 is 11.6 Å². The highest BCUT2D eigenvalue weighted by atomic mass is 19.1. The number of nitrogens with zero attached hydrogens (tertiary/aromatic N) is 1. The fourth-order valence-electron chi connectivity index (χ4n) is 2.84. The van der Waals surface area contributed by atoms with Crippen molar-refractivity contribution in [2.75, 3.05) is 25.0 Å². The molecule has 0 spiro atoms. The summed E-state index contributed by atoms with van der Waals surface area (Å²) >= 11 is 0. The minimum absolute atomic E-state index is 0.126. The average molecular weight is 332 g/mol. The molecule has 1 saturated heterocycles. The Morgan fingerprint density at radius 1 is 1.29 bits per heavy atom. The molecule has 1 aromatic carbocycles. The van der Waals surface area contributed by atoms with Gasteiger partial charge in [-0.3, -0.25) is 9.69 Å². The predicted molar refractivity (Wildman–Crippen MR) is 88.0 cm³/mol. The van der Waals surface area contributed by atoms with Crippen molar-refractivity contribution in [1.82, 2.24) is 4.90 Å². The molecule has 128 valence electrons. The number of benzene rings is 1. The first-order valence-corrected chi connectivity index (χ1v) is 8.11. The van der Waals surface area contributed by atoms with Gasteiger partial charge in [0.2, 0.25) is 5.91 Å². The molecule has 1 aliphatic rings. The van der Waals surface area contributed by atoms with Crippen molar-refractivity contribution in [3.8, 4) is 0 Å². The largest absolute Gasteiger partial charge is 0.468 e. The van der Waals surface area contributed by atoms with E-state index < -0.39 is 5.82 Å². The molecule has 1 fully saturated rings. The number of amides is 1. The maximum absolute atomic E-state index is 13.7. The monoisotopic (exact) mass is 332 g/mol. The van der Waals surface area contributed by atoms with Crippen LogP contribution < -0.4 is 5.32 Å². The SMILES string of the molecule is O=C(CN(Cc1ccco1)CC1CCCO1)Nc1ccccc1F. The van der Waals surface area contributed by atoms with Crippen LogP contribution in [-0.2, 0) is 16.1 Å². The van der Waals surface area contributed by atoms with Gasteiger partial charge in [-0.25, -0.2) is 4.39 Å². The van der Waals surface area contributed by atoms with E-state index in [4.69, 9.17) is 9.15 Å². The molecule has 6 heteroatoms. The molecular formula is C18H21FN2O3. The van der Waals surface area contributed by atoms with Gasteiger partial charge in [0.1, 0.15) is 11.6 Å². The molecule has 2 heterocycles. The summed E-state index contributed by atoms with van der Waals surface area (Å²) in [5.41, 5.74) is 0.192. The Morgan fingerprint density at radius 2 is 2.17 bits per heavy atom. The first-order chi connectivity index (χ1) is 11.7. The number of carbonyl (C=O) groups is 1. The van der Waals surface area contributed by atoms with Crippen LogP contribution >= 0.6 is 0 Å². The zero-order chi connectivity index (χ0) is 16.8. The number of hydrogen-bond acceptors (Lipinski definition) is 4. The highest BCUT2D eigenvalue weighted by molar-refractivity contribution is 5.92. The van der Waals surface area contributed by atoms with Crippen molar-refractivity contribution in [1.29, 1.82) is 0 Å². The van der Waals surface area contributed by atoms with Crippen LogP contribution in [0.3, 0.4) is 0 Å². The number of furan rings is 1. The Kier molecular flexibility index (Phi) is 5.61. The fourth-order valence-corrected chi connectivity index (χ4v) is 2.84. The molecule has 0 aliphatic carbocycles. The van der Waals surface area contributed by atoms with Crippen LogP contribution in [0.25, 0.3) is 0 Å². The molecule has 24 heavy (non-hydrogen) atoms. The van der Waals surface area contributed by atoms with E-state index in [1.807, 2.05) is 17.0 Å². The van der Waals surface area contributed by atoms with Crippen molar-refractivity contribution < 1.29 is 18.3 Å². The van der Waals surface area contributed by atoms with Gasteiger partial charge in [0, 0.05) is 13.2 Å². The number of ether oxygens (including phenoxy) is 1. The highest BCUT2D eigenvalue weighted by Crippen LogP contribution is 2.16. The molecule has 1 atom stereocenters. The Morgan fingerprint density at radius 3 is 2.88 bits per heavy atom. The van der Waals surface area contributed by atoms with E-state index in [0.29, 0.717) is 13.1 Å². The number of hydrogen-bond donors (Lipinski definition) is 1. The Balaban J connectivity index is 1.61. The molecule has 3 rings (SSSR count). The van der Waals surface area contributed by atoms with E-state index in [-0.39, 0.29) is 24.2 Å². The van der Waals surface area contributed by atoms with E-state index in [2.05, 4.69) is 5.32 Å². The maximum Gasteiger partial charge on any atom is 0.238 e. The van der Waals surface area contributed by atoms with Gasteiger partial charge in [-0.15, -0.1) is 0 Å². The lowest BCUT2D eigenvalue weighted by molar-refractivity contribution is -0.117. The third-order valence-electron chi connectivity index (χ3n) is 3.96. The summed E-state index contributed by atoms with van der Waals surface area (Å²) in [7, 11) is 0. The number of halogens is 1. The molecule has 1 amide bonds. The minimum atomic E-state index is -0.442. The maximum atomic E-state index is 13.7. The number of nitrogens with one attached hydrogen (secondary N) is 1. The number of rotatable bonds is 7. The highest BCUT2D eigenvalue weighted by Gasteiger charge is 2.22. The van der Waals surface area contributed by atoms with Crippen molar-refractivity contribution in [3.63, 3.8) is 0 Å². The average Bonchev–Trinajstić information content (AvgIpc) is 3.23. The lowest BCUT2D eigenvalue weighted by atomic mass is 10.2. The van der Waals surface area contributed by atoms with E-state index in [9.17, 15) is 9.18 Å². The predicted octanol–water partition coefficient (Wildman–Crippen LogP) is 3.04. The summed E-state index contributed by atoms with van der Waals surface area (Å²) in [6.45, 7) is 2.07. The Hall–Kier alpha value is -2.18. The van der Waals surface area contributed by atoms with Crippen LogP contribution in [0.5, 0.6) is 0 Å². The van der Waals surface area contributed by atoms with E-state index >= 15 is 0 Å². The van der Waals surface area contributed by atoms with Crippen molar-refractivity contribution in [3.05, 3.63) is 54.2 Å². The summed E-state index contributed by atoms with van der Waals surface area (Å²) < 4.78 is 24.7. The molecule has 0 bridgehead atoms. The van der Waals surface area contributed by atoms with E-state index in [1.165, 1.54) is 6.07 Å². The second-order valence-corrected chi connectivity index (χ2v) is 5.91. The van der Waals surface area contributed by atoms with Crippen molar-refractivity contribution in [2.24, 2.45) is 0 Å². The number of para-hydroxylation sites is 1. The van der Waals surface area contributed by atoms with Gasteiger partial charge < -0.3 is 14.5 Å². The first kappa shape index (κ1) is 16.7. The summed E-state index contributed by atoms with van der Waals surface area (Å²) in [5.74, 6) is 0.0823. The quantitative estimate of drug-likeness (QED) is 0.847. The second-order valence-electron chi connectivity index (χ2n) is 5.91. The third kappa shape index (κ3) is 4.66. The smallest absolute Gasteiger partial charge is 0.238 e. The van der Waals surface area contributed by atoms with E-state index in [1.54, 1.807) is 24.5 Å². The van der Waals surface area contributed by atoms with Gasteiger partial charge in [-0.1, -0.05) is 12.1 Å². The van der Waals surface area contributed by atoms with Gasteiger partial charge in [0.25, 0.3) is 0 Å². The molecule has 1 aromatic heterocycles. The lowest BCUT2D eigenvalue weighted by Gasteiger charge is -2.23. The number of carbonyl (C=O) groups excluding carboxylic acids is 1. The summed E-state index contributed by atoms with van der Waals surface area (Å²) in [4.78, 5) is 14.2. The summed E-state index contributed by atoms with van der Waals surface area (Å²) in [6, 6.07) is 9.83. The normalized spacial score (nSPS) is 17.3. The van der Waals surface area contributed by atoms with Gasteiger partial charge in [0.15, 0.2) is 0 Å². The second kappa shape index (κ2) is 8.08. The van der Waals surface area contributed by atoms with Crippen LogP contribution in [0.15, 0.2) is 47.1 Å². The van der Waals surface area contributed by atoms with Gasteiger partial charge in [-0.2, -0.15) is 0 Å². The van der Waals surface area contributed by atoms with Crippen LogP contribution in [0.2, 0.25) is 0 Å².